The van der Waals surface area contributed by atoms with E-state index in [0.717, 1.165) is 17.2 Å². The van der Waals surface area contributed by atoms with E-state index in [9.17, 15) is 0 Å². The number of para-hydroxylation sites is 1. The summed E-state index contributed by atoms with van der Waals surface area (Å²) in [6, 6.07) is 5.77. The van der Waals surface area contributed by atoms with Gasteiger partial charge in [-0.25, -0.2) is 9.97 Å². The number of imidazole rings is 2. The molecular formula is C14H14ClN5. The van der Waals surface area contributed by atoms with Crippen LogP contribution in [0.4, 0.5) is 5.69 Å². The summed E-state index contributed by atoms with van der Waals surface area (Å²) in [6.45, 7) is 0.630. The van der Waals surface area contributed by atoms with Gasteiger partial charge in [-0.15, -0.1) is 0 Å². The smallest absolute Gasteiger partial charge is 0.127 e. The van der Waals surface area contributed by atoms with Crippen molar-refractivity contribution in [3.63, 3.8) is 0 Å². The molecule has 3 aromatic rings. The maximum absolute atomic E-state index is 6.30. The van der Waals surface area contributed by atoms with Gasteiger partial charge in [0.1, 0.15) is 5.82 Å². The van der Waals surface area contributed by atoms with Crippen molar-refractivity contribution in [2.24, 2.45) is 7.05 Å². The highest BCUT2D eigenvalue weighted by Gasteiger charge is 2.09. The number of rotatable bonds is 4. The van der Waals surface area contributed by atoms with Crippen LogP contribution in [0.5, 0.6) is 0 Å². The van der Waals surface area contributed by atoms with E-state index in [1.807, 2.05) is 46.8 Å². The van der Waals surface area contributed by atoms with E-state index >= 15 is 0 Å². The number of hydrogen-bond acceptors (Lipinski definition) is 3. The summed E-state index contributed by atoms with van der Waals surface area (Å²) in [6.07, 6.45) is 9.03. The van der Waals surface area contributed by atoms with E-state index in [-0.39, 0.29) is 0 Å². The fourth-order valence-corrected chi connectivity index (χ4v) is 2.33. The van der Waals surface area contributed by atoms with Crippen LogP contribution in [-0.4, -0.2) is 19.1 Å². The zero-order chi connectivity index (χ0) is 13.9. The highest BCUT2D eigenvalue weighted by atomic mass is 35.5. The summed E-state index contributed by atoms with van der Waals surface area (Å²) in [5.41, 5.74) is 1.83. The molecule has 1 aromatic carbocycles. The number of nitrogens with zero attached hydrogens (tertiary/aromatic N) is 4. The van der Waals surface area contributed by atoms with Crippen LogP contribution in [0, 0.1) is 0 Å². The monoisotopic (exact) mass is 287 g/mol. The van der Waals surface area contributed by atoms with Crippen LogP contribution in [0.1, 0.15) is 5.82 Å². The first-order valence-electron chi connectivity index (χ1n) is 6.22. The molecule has 5 nitrogen and oxygen atoms in total. The van der Waals surface area contributed by atoms with Gasteiger partial charge in [-0.05, 0) is 12.1 Å². The molecule has 3 rings (SSSR count). The third-order valence-corrected chi connectivity index (χ3v) is 3.41. The van der Waals surface area contributed by atoms with Crippen molar-refractivity contribution >= 4 is 17.3 Å². The van der Waals surface area contributed by atoms with Gasteiger partial charge in [0.2, 0.25) is 0 Å². The summed E-state index contributed by atoms with van der Waals surface area (Å²) >= 11 is 6.30. The summed E-state index contributed by atoms with van der Waals surface area (Å²) in [7, 11) is 1.97. The molecule has 0 aliphatic carbocycles. The first kappa shape index (κ1) is 12.7. The van der Waals surface area contributed by atoms with Gasteiger partial charge in [0, 0.05) is 31.8 Å². The molecule has 0 radical (unpaired) electrons. The molecule has 0 atom stereocenters. The Labute approximate surface area is 121 Å². The van der Waals surface area contributed by atoms with E-state index in [0.29, 0.717) is 11.6 Å². The predicted octanol–water partition coefficient (Wildman–Crippen LogP) is 2.87. The van der Waals surface area contributed by atoms with Crippen LogP contribution in [0.2, 0.25) is 5.02 Å². The second kappa shape index (κ2) is 5.38. The minimum Gasteiger partial charge on any atom is -0.376 e. The lowest BCUT2D eigenvalue weighted by atomic mass is 10.2. The number of anilines is 1. The van der Waals surface area contributed by atoms with Gasteiger partial charge in [-0.1, -0.05) is 17.7 Å². The molecule has 2 heterocycles. The van der Waals surface area contributed by atoms with Gasteiger partial charge in [0.05, 0.1) is 29.3 Å². The van der Waals surface area contributed by atoms with Gasteiger partial charge >= 0.3 is 0 Å². The fraction of sp³-hybridized carbons (Fsp3) is 0.143. The molecule has 102 valence electrons. The molecule has 0 spiro atoms. The first-order valence-corrected chi connectivity index (χ1v) is 6.60. The maximum Gasteiger partial charge on any atom is 0.127 e. The number of hydrogen-bond donors (Lipinski definition) is 1. The van der Waals surface area contributed by atoms with E-state index in [2.05, 4.69) is 15.3 Å². The Morgan fingerprint density at radius 3 is 2.85 bits per heavy atom. The van der Waals surface area contributed by atoms with Crippen LogP contribution >= 0.6 is 11.6 Å². The molecule has 2 aromatic heterocycles. The summed E-state index contributed by atoms with van der Waals surface area (Å²) in [5.74, 6) is 0.960. The van der Waals surface area contributed by atoms with Crippen LogP contribution in [0.15, 0.2) is 49.3 Å². The molecule has 0 unspecified atom stereocenters. The van der Waals surface area contributed by atoms with Gasteiger partial charge in [-0.2, -0.15) is 0 Å². The number of benzene rings is 1. The van der Waals surface area contributed by atoms with E-state index in [1.165, 1.54) is 0 Å². The number of aromatic nitrogens is 4. The standard InChI is InChI=1S/C14H14ClN5/c1-19-7-6-17-13(19)9-18-12-4-2-3-11(15)14(12)20-8-5-16-10-20/h2-8,10,18H,9H2,1H3. The largest absolute Gasteiger partial charge is 0.376 e. The molecule has 0 saturated carbocycles. The van der Waals surface area contributed by atoms with Crippen molar-refractivity contribution in [3.05, 3.63) is 60.2 Å². The van der Waals surface area contributed by atoms with Crippen molar-refractivity contribution in [2.45, 2.75) is 6.54 Å². The van der Waals surface area contributed by atoms with Gasteiger partial charge in [0.25, 0.3) is 0 Å². The minimum atomic E-state index is 0.630. The highest BCUT2D eigenvalue weighted by Crippen LogP contribution is 2.28. The Balaban J connectivity index is 1.90. The van der Waals surface area contributed by atoms with Crippen molar-refractivity contribution in [1.29, 1.82) is 0 Å². The van der Waals surface area contributed by atoms with Crippen molar-refractivity contribution < 1.29 is 0 Å². The molecule has 0 amide bonds. The molecule has 20 heavy (non-hydrogen) atoms. The topological polar surface area (TPSA) is 47.7 Å². The quantitative estimate of drug-likeness (QED) is 0.803. The summed E-state index contributed by atoms with van der Waals surface area (Å²) < 4.78 is 3.87. The first-order chi connectivity index (χ1) is 9.75. The number of halogens is 1. The van der Waals surface area contributed by atoms with Crippen LogP contribution < -0.4 is 5.32 Å². The molecule has 0 aliphatic rings. The highest BCUT2D eigenvalue weighted by molar-refractivity contribution is 6.33. The Morgan fingerprint density at radius 1 is 1.25 bits per heavy atom. The van der Waals surface area contributed by atoms with Crippen LogP contribution in [0.25, 0.3) is 5.69 Å². The van der Waals surface area contributed by atoms with Gasteiger partial charge in [0.15, 0.2) is 0 Å². The number of aryl methyl sites for hydroxylation is 1. The van der Waals surface area contributed by atoms with Crippen molar-refractivity contribution in [3.8, 4) is 5.69 Å². The van der Waals surface area contributed by atoms with Crippen LogP contribution in [0.3, 0.4) is 0 Å². The minimum absolute atomic E-state index is 0.630. The molecular weight excluding hydrogens is 274 g/mol. The molecule has 0 aliphatic heterocycles. The SMILES string of the molecule is Cn1ccnc1CNc1cccc(Cl)c1-n1ccnc1. The predicted molar refractivity (Wildman–Crippen MR) is 79.1 cm³/mol. The fourth-order valence-electron chi connectivity index (χ4n) is 2.05. The Bertz CT molecular complexity index is 702. The third kappa shape index (κ3) is 2.40. The maximum atomic E-state index is 6.30. The third-order valence-electron chi connectivity index (χ3n) is 3.11. The second-order valence-electron chi connectivity index (χ2n) is 4.41. The summed E-state index contributed by atoms with van der Waals surface area (Å²) in [4.78, 5) is 8.36. The molecule has 0 bridgehead atoms. The lowest BCUT2D eigenvalue weighted by Gasteiger charge is -2.14. The molecule has 1 N–H and O–H groups in total. The Hall–Kier alpha value is -2.27. The second-order valence-corrected chi connectivity index (χ2v) is 4.82. The van der Waals surface area contributed by atoms with E-state index in [4.69, 9.17) is 11.6 Å². The van der Waals surface area contributed by atoms with Crippen LogP contribution in [-0.2, 0) is 13.6 Å². The number of nitrogens with one attached hydrogen (secondary N) is 1. The van der Waals surface area contributed by atoms with Gasteiger partial charge in [-0.3, -0.25) is 0 Å². The zero-order valence-corrected chi connectivity index (χ0v) is 11.7. The summed E-state index contributed by atoms with van der Waals surface area (Å²) in [5, 5.41) is 4.04. The molecule has 0 saturated heterocycles. The zero-order valence-electron chi connectivity index (χ0n) is 11.0. The van der Waals surface area contributed by atoms with Crippen molar-refractivity contribution in [2.75, 3.05) is 5.32 Å². The Kier molecular flexibility index (Phi) is 3.43. The van der Waals surface area contributed by atoms with Gasteiger partial charge < -0.3 is 14.5 Å². The lowest BCUT2D eigenvalue weighted by Crippen LogP contribution is -2.08. The molecule has 0 fully saturated rings. The van der Waals surface area contributed by atoms with E-state index < -0.39 is 0 Å². The van der Waals surface area contributed by atoms with E-state index in [1.54, 1.807) is 18.7 Å². The average molecular weight is 288 g/mol. The lowest BCUT2D eigenvalue weighted by molar-refractivity contribution is 0.812. The Morgan fingerprint density at radius 2 is 2.15 bits per heavy atom. The molecule has 6 heteroatoms. The normalized spacial score (nSPS) is 10.7. The average Bonchev–Trinajstić information content (AvgIpc) is 3.08. The van der Waals surface area contributed by atoms with Crippen molar-refractivity contribution in [1.82, 2.24) is 19.1 Å².